The van der Waals surface area contributed by atoms with Gasteiger partial charge in [-0.3, -0.25) is 9.89 Å². The summed E-state index contributed by atoms with van der Waals surface area (Å²) in [7, 11) is 3.92. The second kappa shape index (κ2) is 6.76. The highest BCUT2D eigenvalue weighted by atomic mass is 16.2. The van der Waals surface area contributed by atoms with Crippen LogP contribution < -0.4 is 5.32 Å². The number of aromatic amines is 1. The monoisotopic (exact) mass is 350 g/mol. The van der Waals surface area contributed by atoms with E-state index in [2.05, 4.69) is 32.4 Å². The summed E-state index contributed by atoms with van der Waals surface area (Å²) in [5.74, 6) is 1.51. The largest absolute Gasteiger partial charge is 0.347 e. The van der Waals surface area contributed by atoms with E-state index in [1.807, 2.05) is 60.3 Å². The third kappa shape index (κ3) is 3.13. The van der Waals surface area contributed by atoms with E-state index < -0.39 is 0 Å². The van der Waals surface area contributed by atoms with Gasteiger partial charge in [0.1, 0.15) is 11.5 Å². The molecule has 26 heavy (non-hydrogen) atoms. The summed E-state index contributed by atoms with van der Waals surface area (Å²) in [6.07, 6.45) is 1.87. The number of nitrogens with one attached hydrogen (secondary N) is 2. The first-order valence-electron chi connectivity index (χ1n) is 8.70. The van der Waals surface area contributed by atoms with Crippen molar-refractivity contribution in [2.24, 2.45) is 7.05 Å². The van der Waals surface area contributed by atoms with Crippen molar-refractivity contribution in [1.29, 1.82) is 0 Å². The van der Waals surface area contributed by atoms with Crippen LogP contribution in [-0.4, -0.2) is 56.7 Å². The smallest absolute Gasteiger partial charge is 0.268 e. The van der Waals surface area contributed by atoms with E-state index in [0.29, 0.717) is 11.5 Å². The van der Waals surface area contributed by atoms with E-state index in [-0.39, 0.29) is 17.9 Å². The lowest BCUT2D eigenvalue weighted by molar-refractivity contribution is 0.0927. The zero-order valence-electron chi connectivity index (χ0n) is 14.9. The first kappa shape index (κ1) is 16.5. The number of carbonyl (C=O) groups excluding carboxylic acids is 1. The zero-order chi connectivity index (χ0) is 18.1. The molecule has 1 aliphatic rings. The summed E-state index contributed by atoms with van der Waals surface area (Å²) < 4.78 is 1.82. The molecule has 4 rings (SSSR count). The molecule has 7 heteroatoms. The fourth-order valence-electron chi connectivity index (χ4n) is 3.52. The second-order valence-electron chi connectivity index (χ2n) is 6.82. The Hall–Kier alpha value is -2.93. The Morgan fingerprint density at radius 2 is 1.96 bits per heavy atom. The van der Waals surface area contributed by atoms with Gasteiger partial charge in [0.05, 0.1) is 12.0 Å². The van der Waals surface area contributed by atoms with Gasteiger partial charge in [-0.05, 0) is 19.2 Å². The van der Waals surface area contributed by atoms with Gasteiger partial charge in [0, 0.05) is 31.9 Å². The number of likely N-dealkylation sites (N-methyl/N-ethyl adjacent to an activating group) is 1. The highest BCUT2D eigenvalue weighted by Gasteiger charge is 2.35. The molecule has 3 heterocycles. The lowest BCUT2D eigenvalue weighted by Crippen LogP contribution is -2.40. The molecule has 0 bridgehead atoms. The molecule has 3 aromatic rings. The van der Waals surface area contributed by atoms with E-state index in [4.69, 9.17) is 0 Å². The standard InChI is InChI=1S/C19H22N6O/c1-24-11-14(15(12-24)20-19(26)16-9-6-10-25(16)2)18-21-17(22-23-18)13-7-4-3-5-8-13/h3-10,14-15H,11-12H2,1-2H3,(H,20,26)(H,21,22,23)/t14-,15-/m1/s1. The normalized spacial score (nSPS) is 20.4. The second-order valence-corrected chi connectivity index (χ2v) is 6.82. The Morgan fingerprint density at radius 1 is 1.15 bits per heavy atom. The summed E-state index contributed by atoms with van der Waals surface area (Å²) in [5.41, 5.74) is 1.63. The van der Waals surface area contributed by atoms with Crippen LogP contribution in [0.2, 0.25) is 0 Å². The van der Waals surface area contributed by atoms with Crippen molar-refractivity contribution in [3.63, 3.8) is 0 Å². The van der Waals surface area contributed by atoms with Gasteiger partial charge < -0.3 is 14.8 Å². The lowest BCUT2D eigenvalue weighted by atomic mass is 10.0. The number of hydrogen-bond donors (Lipinski definition) is 2. The molecule has 2 atom stereocenters. The molecule has 2 aromatic heterocycles. The molecule has 134 valence electrons. The number of hydrogen-bond acceptors (Lipinski definition) is 4. The Bertz CT molecular complexity index is 900. The summed E-state index contributed by atoms with van der Waals surface area (Å²) >= 11 is 0. The van der Waals surface area contributed by atoms with E-state index in [0.717, 1.165) is 24.5 Å². The summed E-state index contributed by atoms with van der Waals surface area (Å²) in [4.78, 5) is 19.5. The summed E-state index contributed by atoms with van der Waals surface area (Å²) in [6, 6.07) is 13.6. The van der Waals surface area contributed by atoms with Crippen molar-refractivity contribution in [2.45, 2.75) is 12.0 Å². The van der Waals surface area contributed by atoms with Gasteiger partial charge in [-0.15, -0.1) is 0 Å². The predicted octanol–water partition coefficient (Wildman–Crippen LogP) is 1.64. The number of likely N-dealkylation sites (tertiary alicyclic amines) is 1. The quantitative estimate of drug-likeness (QED) is 0.750. The highest BCUT2D eigenvalue weighted by Crippen LogP contribution is 2.26. The average molecular weight is 350 g/mol. The minimum absolute atomic E-state index is 0.0148. The van der Waals surface area contributed by atoms with Gasteiger partial charge in [-0.2, -0.15) is 5.10 Å². The number of carbonyl (C=O) groups is 1. The molecule has 1 amide bonds. The van der Waals surface area contributed by atoms with Crippen LogP contribution in [0.4, 0.5) is 0 Å². The van der Waals surface area contributed by atoms with Crippen LogP contribution >= 0.6 is 0 Å². The maximum Gasteiger partial charge on any atom is 0.268 e. The fourth-order valence-corrected chi connectivity index (χ4v) is 3.52. The summed E-state index contributed by atoms with van der Waals surface area (Å²) in [5, 5.41) is 10.6. The maximum atomic E-state index is 12.6. The molecule has 0 unspecified atom stereocenters. The lowest BCUT2D eigenvalue weighted by Gasteiger charge is -2.18. The van der Waals surface area contributed by atoms with E-state index >= 15 is 0 Å². The molecule has 0 aliphatic carbocycles. The number of rotatable bonds is 4. The number of benzene rings is 1. The summed E-state index contributed by atoms with van der Waals surface area (Å²) in [6.45, 7) is 1.60. The van der Waals surface area contributed by atoms with Gasteiger partial charge in [-0.1, -0.05) is 30.3 Å². The van der Waals surface area contributed by atoms with Crippen molar-refractivity contribution in [2.75, 3.05) is 20.1 Å². The number of H-pyrrole nitrogens is 1. The fraction of sp³-hybridized carbons (Fsp3) is 0.316. The highest BCUT2D eigenvalue weighted by molar-refractivity contribution is 5.93. The van der Waals surface area contributed by atoms with Gasteiger partial charge >= 0.3 is 0 Å². The van der Waals surface area contributed by atoms with E-state index in [9.17, 15) is 4.79 Å². The Balaban J connectivity index is 1.54. The van der Waals surface area contributed by atoms with Crippen molar-refractivity contribution < 1.29 is 4.79 Å². The van der Waals surface area contributed by atoms with Crippen LogP contribution in [0, 0.1) is 0 Å². The molecule has 1 saturated heterocycles. The van der Waals surface area contributed by atoms with Crippen molar-refractivity contribution in [3.8, 4) is 11.4 Å². The first-order valence-corrected chi connectivity index (χ1v) is 8.70. The molecule has 2 N–H and O–H groups in total. The molecule has 7 nitrogen and oxygen atoms in total. The number of amides is 1. The Kier molecular flexibility index (Phi) is 4.30. The maximum absolute atomic E-state index is 12.6. The molecule has 0 saturated carbocycles. The van der Waals surface area contributed by atoms with Gasteiger partial charge in [-0.25, -0.2) is 4.98 Å². The van der Waals surface area contributed by atoms with Crippen LogP contribution in [0.1, 0.15) is 22.2 Å². The molecule has 1 aliphatic heterocycles. The van der Waals surface area contributed by atoms with E-state index in [1.165, 1.54) is 0 Å². The van der Waals surface area contributed by atoms with Crippen LogP contribution in [-0.2, 0) is 7.05 Å². The molecule has 0 radical (unpaired) electrons. The SMILES string of the molecule is CN1C[C@@H](NC(=O)c2cccn2C)[C@H](c2nc(-c3ccccc3)n[nH]2)C1. The van der Waals surface area contributed by atoms with Crippen molar-refractivity contribution in [3.05, 3.63) is 60.2 Å². The zero-order valence-corrected chi connectivity index (χ0v) is 14.9. The van der Waals surface area contributed by atoms with Crippen LogP contribution in [0.25, 0.3) is 11.4 Å². The van der Waals surface area contributed by atoms with Crippen molar-refractivity contribution >= 4 is 5.91 Å². The molecular weight excluding hydrogens is 328 g/mol. The molecule has 0 spiro atoms. The molecular formula is C19H22N6O. The van der Waals surface area contributed by atoms with Crippen LogP contribution in [0.15, 0.2) is 48.7 Å². The van der Waals surface area contributed by atoms with Gasteiger partial charge in [0.25, 0.3) is 5.91 Å². The third-order valence-corrected chi connectivity index (χ3v) is 4.88. The molecule has 1 aromatic carbocycles. The third-order valence-electron chi connectivity index (χ3n) is 4.88. The van der Waals surface area contributed by atoms with E-state index in [1.54, 1.807) is 0 Å². The number of aryl methyl sites for hydroxylation is 1. The number of nitrogens with zero attached hydrogens (tertiary/aromatic N) is 4. The van der Waals surface area contributed by atoms with Gasteiger partial charge in [0.2, 0.25) is 0 Å². The predicted molar refractivity (Wildman–Crippen MR) is 98.7 cm³/mol. The Morgan fingerprint density at radius 3 is 2.69 bits per heavy atom. The van der Waals surface area contributed by atoms with Crippen LogP contribution in [0.5, 0.6) is 0 Å². The van der Waals surface area contributed by atoms with Crippen LogP contribution in [0.3, 0.4) is 0 Å². The Labute approximate surface area is 152 Å². The minimum atomic E-state index is -0.0643. The minimum Gasteiger partial charge on any atom is -0.347 e. The topological polar surface area (TPSA) is 78.8 Å². The first-order chi connectivity index (χ1) is 12.6. The average Bonchev–Trinajstić information content (AvgIpc) is 3.35. The molecule has 1 fully saturated rings. The van der Waals surface area contributed by atoms with Gasteiger partial charge in [0.15, 0.2) is 5.82 Å². The number of aromatic nitrogens is 4. The van der Waals surface area contributed by atoms with Crippen molar-refractivity contribution in [1.82, 2.24) is 30.0 Å².